The average molecular weight is 258 g/mol. The molecule has 102 valence electrons. The van der Waals surface area contributed by atoms with Crippen LogP contribution in [0.25, 0.3) is 0 Å². The first-order valence-electron chi connectivity index (χ1n) is 6.97. The molecule has 0 bridgehead atoms. The van der Waals surface area contributed by atoms with E-state index in [9.17, 15) is 0 Å². The highest BCUT2D eigenvalue weighted by atomic mass is 16.5. The van der Waals surface area contributed by atoms with Crippen LogP contribution in [-0.2, 0) is 11.8 Å². The zero-order valence-electron chi connectivity index (χ0n) is 11.8. The lowest BCUT2D eigenvalue weighted by Crippen LogP contribution is -2.33. The third kappa shape index (κ3) is 3.48. The zero-order valence-corrected chi connectivity index (χ0v) is 11.8. The highest BCUT2D eigenvalue weighted by molar-refractivity contribution is 5.41. The molecule has 0 fully saturated rings. The first-order valence-corrected chi connectivity index (χ1v) is 6.97. The fourth-order valence-corrected chi connectivity index (χ4v) is 2.43. The summed E-state index contributed by atoms with van der Waals surface area (Å²) in [4.78, 5) is 0. The van der Waals surface area contributed by atoms with E-state index in [1.54, 1.807) is 0 Å². The van der Waals surface area contributed by atoms with E-state index in [0.29, 0.717) is 6.42 Å². The van der Waals surface area contributed by atoms with Crippen LogP contribution in [0.2, 0.25) is 0 Å². The highest BCUT2D eigenvalue weighted by Gasteiger charge is 2.22. The SMILES string of the molecule is CC(C)(CNCCC#N)c1ccc2c(c1)CCCO2. The molecule has 1 aliphatic rings. The molecule has 1 aromatic rings. The standard InChI is InChI=1S/C16H22N2O/c1-16(2,12-18-9-4-8-17)14-6-7-15-13(11-14)5-3-10-19-15/h6-7,11,18H,3-5,9-10,12H2,1-2H3. The number of aryl methyl sites for hydroxylation is 1. The number of hydrogen-bond donors (Lipinski definition) is 1. The minimum atomic E-state index is 0.0714. The predicted octanol–water partition coefficient (Wildman–Crippen LogP) is 2.79. The molecule has 0 radical (unpaired) electrons. The van der Waals surface area contributed by atoms with E-state index < -0.39 is 0 Å². The smallest absolute Gasteiger partial charge is 0.122 e. The fourth-order valence-electron chi connectivity index (χ4n) is 2.43. The quantitative estimate of drug-likeness (QED) is 0.826. The first kappa shape index (κ1) is 13.9. The van der Waals surface area contributed by atoms with Crippen LogP contribution in [0, 0.1) is 11.3 Å². The van der Waals surface area contributed by atoms with Crippen molar-refractivity contribution in [1.29, 1.82) is 5.26 Å². The molecule has 3 heteroatoms. The normalized spacial score (nSPS) is 14.4. The molecule has 0 amide bonds. The molecule has 1 heterocycles. The van der Waals surface area contributed by atoms with E-state index in [4.69, 9.17) is 10.00 Å². The van der Waals surface area contributed by atoms with Crippen molar-refractivity contribution in [2.45, 2.75) is 38.5 Å². The second-order valence-corrected chi connectivity index (χ2v) is 5.74. The molecule has 1 N–H and O–H groups in total. The van der Waals surface area contributed by atoms with Crippen LogP contribution in [0.3, 0.4) is 0 Å². The van der Waals surface area contributed by atoms with Gasteiger partial charge in [-0.3, -0.25) is 0 Å². The topological polar surface area (TPSA) is 45.0 Å². The Morgan fingerprint density at radius 1 is 1.42 bits per heavy atom. The lowest BCUT2D eigenvalue weighted by atomic mass is 9.83. The second kappa shape index (κ2) is 6.08. The van der Waals surface area contributed by atoms with Gasteiger partial charge in [0.2, 0.25) is 0 Å². The maximum atomic E-state index is 8.54. The van der Waals surface area contributed by atoms with Gasteiger partial charge < -0.3 is 10.1 Å². The van der Waals surface area contributed by atoms with E-state index in [1.165, 1.54) is 11.1 Å². The summed E-state index contributed by atoms with van der Waals surface area (Å²) in [6.45, 7) is 6.95. The number of fused-ring (bicyclic) bond motifs is 1. The summed E-state index contributed by atoms with van der Waals surface area (Å²) in [6.07, 6.45) is 2.78. The van der Waals surface area contributed by atoms with Gasteiger partial charge in [0.15, 0.2) is 0 Å². The maximum absolute atomic E-state index is 8.54. The van der Waals surface area contributed by atoms with Gasteiger partial charge in [-0.25, -0.2) is 0 Å². The van der Waals surface area contributed by atoms with Gasteiger partial charge in [-0.15, -0.1) is 0 Å². The van der Waals surface area contributed by atoms with Crippen LogP contribution in [0.15, 0.2) is 18.2 Å². The van der Waals surface area contributed by atoms with Gasteiger partial charge in [0.05, 0.1) is 12.7 Å². The zero-order chi connectivity index (χ0) is 13.7. The summed E-state index contributed by atoms with van der Waals surface area (Å²) >= 11 is 0. The molecule has 0 atom stereocenters. The maximum Gasteiger partial charge on any atom is 0.122 e. The number of hydrogen-bond acceptors (Lipinski definition) is 3. The van der Waals surface area contributed by atoms with Crippen LogP contribution in [0.1, 0.15) is 37.8 Å². The Bertz CT molecular complexity index is 474. The Kier molecular flexibility index (Phi) is 4.44. The molecule has 2 rings (SSSR count). The van der Waals surface area contributed by atoms with Gasteiger partial charge in [0, 0.05) is 24.9 Å². The summed E-state index contributed by atoms with van der Waals surface area (Å²) in [6, 6.07) is 8.69. The van der Waals surface area contributed by atoms with E-state index in [1.807, 2.05) is 0 Å². The van der Waals surface area contributed by atoms with Gasteiger partial charge in [-0.1, -0.05) is 26.0 Å². The summed E-state index contributed by atoms with van der Waals surface area (Å²) in [7, 11) is 0. The van der Waals surface area contributed by atoms with Crippen LogP contribution in [0.5, 0.6) is 5.75 Å². The number of nitrogens with one attached hydrogen (secondary N) is 1. The van der Waals surface area contributed by atoms with E-state index in [2.05, 4.69) is 43.4 Å². The largest absolute Gasteiger partial charge is 0.493 e. The first-order chi connectivity index (χ1) is 9.13. The second-order valence-electron chi connectivity index (χ2n) is 5.74. The summed E-state index contributed by atoms with van der Waals surface area (Å²) < 4.78 is 5.65. The van der Waals surface area contributed by atoms with Crippen molar-refractivity contribution in [3.05, 3.63) is 29.3 Å². The number of nitriles is 1. The lowest BCUT2D eigenvalue weighted by Gasteiger charge is -2.28. The Labute approximate surface area is 115 Å². The van der Waals surface area contributed by atoms with Crippen LogP contribution < -0.4 is 10.1 Å². The minimum absolute atomic E-state index is 0.0714. The Morgan fingerprint density at radius 3 is 3.05 bits per heavy atom. The minimum Gasteiger partial charge on any atom is -0.493 e. The molecule has 19 heavy (non-hydrogen) atoms. The number of rotatable bonds is 5. The predicted molar refractivity (Wildman–Crippen MR) is 76.4 cm³/mol. The molecule has 1 aromatic carbocycles. The third-order valence-electron chi connectivity index (χ3n) is 3.67. The molecule has 0 aliphatic carbocycles. The summed E-state index contributed by atoms with van der Waals surface area (Å²) in [5.41, 5.74) is 2.73. The van der Waals surface area contributed by atoms with E-state index in [0.717, 1.165) is 38.3 Å². The fraction of sp³-hybridized carbons (Fsp3) is 0.562. The molecular weight excluding hydrogens is 236 g/mol. The molecule has 3 nitrogen and oxygen atoms in total. The van der Waals surface area contributed by atoms with Crippen molar-refractivity contribution >= 4 is 0 Å². The van der Waals surface area contributed by atoms with Crippen molar-refractivity contribution < 1.29 is 4.74 Å². The lowest BCUT2D eigenvalue weighted by molar-refractivity contribution is 0.288. The van der Waals surface area contributed by atoms with E-state index in [-0.39, 0.29) is 5.41 Å². The van der Waals surface area contributed by atoms with Crippen LogP contribution >= 0.6 is 0 Å². The van der Waals surface area contributed by atoms with Crippen LogP contribution in [-0.4, -0.2) is 19.7 Å². The van der Waals surface area contributed by atoms with Gasteiger partial charge in [0.1, 0.15) is 5.75 Å². The third-order valence-corrected chi connectivity index (χ3v) is 3.67. The van der Waals surface area contributed by atoms with Gasteiger partial charge in [-0.05, 0) is 30.0 Å². The summed E-state index contributed by atoms with van der Waals surface area (Å²) in [5, 5.41) is 11.9. The number of nitrogens with zero attached hydrogens (tertiary/aromatic N) is 1. The molecule has 0 saturated heterocycles. The number of ether oxygens (including phenoxy) is 1. The monoisotopic (exact) mass is 258 g/mol. The van der Waals surface area contributed by atoms with E-state index >= 15 is 0 Å². The molecule has 0 aromatic heterocycles. The van der Waals surface area contributed by atoms with Gasteiger partial charge in [0.25, 0.3) is 0 Å². The van der Waals surface area contributed by atoms with Gasteiger partial charge >= 0.3 is 0 Å². The van der Waals surface area contributed by atoms with Crippen molar-refractivity contribution in [2.24, 2.45) is 0 Å². The molecule has 0 saturated carbocycles. The Balaban J connectivity index is 2.05. The highest BCUT2D eigenvalue weighted by Crippen LogP contribution is 2.30. The van der Waals surface area contributed by atoms with Crippen molar-refractivity contribution in [3.63, 3.8) is 0 Å². The van der Waals surface area contributed by atoms with Crippen LogP contribution in [0.4, 0.5) is 0 Å². The summed E-state index contributed by atoms with van der Waals surface area (Å²) in [5.74, 6) is 1.04. The molecule has 0 spiro atoms. The molecular formula is C16H22N2O. The molecule has 1 aliphatic heterocycles. The molecule has 0 unspecified atom stereocenters. The Morgan fingerprint density at radius 2 is 2.26 bits per heavy atom. The van der Waals surface area contributed by atoms with Crippen molar-refractivity contribution in [1.82, 2.24) is 5.32 Å². The Hall–Kier alpha value is -1.53. The van der Waals surface area contributed by atoms with Crippen molar-refractivity contribution in [3.8, 4) is 11.8 Å². The average Bonchev–Trinajstić information content (AvgIpc) is 2.43. The van der Waals surface area contributed by atoms with Gasteiger partial charge in [-0.2, -0.15) is 5.26 Å². The van der Waals surface area contributed by atoms with Crippen molar-refractivity contribution in [2.75, 3.05) is 19.7 Å². The number of benzene rings is 1.